The minimum Gasteiger partial charge on any atom is -0.392 e. The molecule has 3 N–H and O–H groups in total. The Bertz CT molecular complexity index is 841. The van der Waals surface area contributed by atoms with Crippen molar-refractivity contribution >= 4 is 35.6 Å². The fraction of sp³-hybridized carbons (Fsp3) is 0.300. The predicted octanol–water partition coefficient (Wildman–Crippen LogP) is 1.97. The standard InChI is InChI=1S/C20H21N3O3.ClH/c24-16-11-17(21-12-16)19(25)22-15-7-5-14(6-8-15)20(26)23-10-9-13-3-1-2-4-18(13)23;/h1-8,16-17,21,24H,9-12H2,(H,22,25);1H. The second-order valence-electron chi connectivity index (χ2n) is 6.75. The maximum Gasteiger partial charge on any atom is 0.258 e. The van der Waals surface area contributed by atoms with Crippen LogP contribution in [0.5, 0.6) is 0 Å². The normalized spacial score (nSPS) is 20.7. The lowest BCUT2D eigenvalue weighted by atomic mass is 10.1. The van der Waals surface area contributed by atoms with Gasteiger partial charge in [-0.1, -0.05) is 18.2 Å². The average molecular weight is 388 g/mol. The van der Waals surface area contributed by atoms with Crippen molar-refractivity contribution in [2.45, 2.75) is 25.0 Å². The van der Waals surface area contributed by atoms with Crippen LogP contribution < -0.4 is 15.5 Å². The number of rotatable bonds is 3. The number of anilines is 2. The van der Waals surface area contributed by atoms with E-state index in [1.165, 1.54) is 5.56 Å². The molecule has 142 valence electrons. The molecule has 2 aliphatic rings. The van der Waals surface area contributed by atoms with E-state index in [0.717, 1.165) is 12.1 Å². The number of para-hydroxylation sites is 1. The van der Waals surface area contributed by atoms with Gasteiger partial charge in [-0.05, 0) is 48.7 Å². The molecule has 2 amide bonds. The second-order valence-corrected chi connectivity index (χ2v) is 6.75. The van der Waals surface area contributed by atoms with Crippen LogP contribution in [0.4, 0.5) is 11.4 Å². The first kappa shape index (κ1) is 19.4. The summed E-state index contributed by atoms with van der Waals surface area (Å²) in [5, 5.41) is 15.3. The number of carbonyl (C=O) groups is 2. The van der Waals surface area contributed by atoms with Gasteiger partial charge in [0.1, 0.15) is 0 Å². The zero-order valence-electron chi connectivity index (χ0n) is 14.7. The highest BCUT2D eigenvalue weighted by Gasteiger charge is 2.28. The lowest BCUT2D eigenvalue weighted by Crippen LogP contribution is -2.35. The number of nitrogens with zero attached hydrogens (tertiary/aromatic N) is 1. The monoisotopic (exact) mass is 387 g/mol. The van der Waals surface area contributed by atoms with Crippen LogP contribution in [0.2, 0.25) is 0 Å². The van der Waals surface area contributed by atoms with Crippen molar-refractivity contribution in [2.24, 2.45) is 0 Å². The highest BCUT2D eigenvalue weighted by Crippen LogP contribution is 2.29. The summed E-state index contributed by atoms with van der Waals surface area (Å²) >= 11 is 0. The molecule has 0 radical (unpaired) electrons. The summed E-state index contributed by atoms with van der Waals surface area (Å²) in [4.78, 5) is 26.8. The van der Waals surface area contributed by atoms with E-state index in [0.29, 0.717) is 30.8 Å². The Balaban J connectivity index is 0.00000210. The number of nitrogens with one attached hydrogen (secondary N) is 2. The minimum atomic E-state index is -0.478. The summed E-state index contributed by atoms with van der Waals surface area (Å²) in [5.41, 5.74) is 3.39. The smallest absolute Gasteiger partial charge is 0.258 e. The van der Waals surface area contributed by atoms with Crippen molar-refractivity contribution in [2.75, 3.05) is 23.3 Å². The fourth-order valence-electron chi connectivity index (χ4n) is 3.55. The highest BCUT2D eigenvalue weighted by molar-refractivity contribution is 6.07. The van der Waals surface area contributed by atoms with Crippen molar-refractivity contribution in [1.29, 1.82) is 0 Å². The number of β-amino-alcohol motifs (C(OH)–C–C–N with tert-alkyl or cyclic N) is 1. The first-order valence-electron chi connectivity index (χ1n) is 8.84. The molecule has 2 heterocycles. The van der Waals surface area contributed by atoms with Gasteiger partial charge in [-0.15, -0.1) is 12.4 Å². The number of benzene rings is 2. The van der Waals surface area contributed by atoms with Gasteiger partial charge in [-0.2, -0.15) is 0 Å². The van der Waals surface area contributed by atoms with Crippen LogP contribution in [-0.4, -0.2) is 42.2 Å². The molecule has 0 spiro atoms. The van der Waals surface area contributed by atoms with Gasteiger partial charge in [0.25, 0.3) is 5.91 Å². The summed E-state index contributed by atoms with van der Waals surface area (Å²) < 4.78 is 0. The topological polar surface area (TPSA) is 81.7 Å². The van der Waals surface area contributed by atoms with Gasteiger partial charge in [0, 0.05) is 30.0 Å². The Hall–Kier alpha value is -2.41. The number of hydrogen-bond acceptors (Lipinski definition) is 4. The van der Waals surface area contributed by atoms with E-state index >= 15 is 0 Å². The Kier molecular flexibility index (Phi) is 5.79. The van der Waals surface area contributed by atoms with Gasteiger partial charge in [-0.3, -0.25) is 9.59 Å². The van der Waals surface area contributed by atoms with Gasteiger partial charge in [0.05, 0.1) is 12.1 Å². The van der Waals surface area contributed by atoms with Crippen molar-refractivity contribution < 1.29 is 14.7 Å². The molecule has 1 fully saturated rings. The summed E-state index contributed by atoms with van der Waals surface area (Å²) in [6, 6.07) is 14.5. The van der Waals surface area contributed by atoms with Crippen LogP contribution in [0.3, 0.4) is 0 Å². The molecule has 4 rings (SSSR count). The van der Waals surface area contributed by atoms with Crippen LogP contribution in [0, 0.1) is 0 Å². The van der Waals surface area contributed by atoms with E-state index in [1.807, 2.05) is 18.2 Å². The molecule has 2 unspecified atom stereocenters. The molecule has 2 aliphatic heterocycles. The maximum atomic E-state index is 12.8. The van der Waals surface area contributed by atoms with E-state index in [-0.39, 0.29) is 30.3 Å². The van der Waals surface area contributed by atoms with Gasteiger partial charge in [-0.25, -0.2) is 0 Å². The quantitative estimate of drug-likeness (QED) is 0.752. The zero-order chi connectivity index (χ0) is 18.1. The summed E-state index contributed by atoms with van der Waals surface area (Å²) in [5.74, 6) is -0.206. The van der Waals surface area contributed by atoms with Crippen molar-refractivity contribution in [3.63, 3.8) is 0 Å². The second kappa shape index (κ2) is 8.08. The Labute approximate surface area is 164 Å². The Morgan fingerprint density at radius 1 is 1.11 bits per heavy atom. The molecular weight excluding hydrogens is 366 g/mol. The third kappa shape index (κ3) is 3.98. The molecule has 1 saturated heterocycles. The third-order valence-electron chi connectivity index (χ3n) is 4.96. The number of carbonyl (C=O) groups excluding carboxylic acids is 2. The maximum absolute atomic E-state index is 12.8. The highest BCUT2D eigenvalue weighted by atomic mass is 35.5. The van der Waals surface area contributed by atoms with Crippen LogP contribution >= 0.6 is 12.4 Å². The molecule has 7 heteroatoms. The van der Waals surface area contributed by atoms with Gasteiger partial charge >= 0.3 is 0 Å². The van der Waals surface area contributed by atoms with E-state index in [4.69, 9.17) is 0 Å². The number of aliphatic hydroxyl groups excluding tert-OH is 1. The molecule has 0 aromatic heterocycles. The lowest BCUT2D eigenvalue weighted by Gasteiger charge is -2.17. The van der Waals surface area contributed by atoms with E-state index in [2.05, 4.69) is 16.7 Å². The number of aliphatic hydroxyl groups is 1. The first-order valence-corrected chi connectivity index (χ1v) is 8.84. The Morgan fingerprint density at radius 2 is 1.85 bits per heavy atom. The van der Waals surface area contributed by atoms with E-state index < -0.39 is 6.10 Å². The van der Waals surface area contributed by atoms with Crippen LogP contribution in [0.15, 0.2) is 48.5 Å². The molecule has 2 aromatic carbocycles. The Morgan fingerprint density at radius 3 is 2.56 bits per heavy atom. The molecular formula is C20H22ClN3O3. The van der Waals surface area contributed by atoms with E-state index in [1.54, 1.807) is 29.2 Å². The van der Waals surface area contributed by atoms with Crippen molar-refractivity contribution in [3.05, 3.63) is 59.7 Å². The largest absolute Gasteiger partial charge is 0.392 e. The fourth-order valence-corrected chi connectivity index (χ4v) is 3.55. The van der Waals surface area contributed by atoms with Crippen LogP contribution in [0.25, 0.3) is 0 Å². The third-order valence-corrected chi connectivity index (χ3v) is 4.96. The van der Waals surface area contributed by atoms with Crippen molar-refractivity contribution in [1.82, 2.24) is 5.32 Å². The number of hydrogen-bond donors (Lipinski definition) is 3. The molecule has 0 aliphatic carbocycles. The van der Waals surface area contributed by atoms with Crippen LogP contribution in [0.1, 0.15) is 22.3 Å². The van der Waals surface area contributed by atoms with E-state index in [9.17, 15) is 14.7 Å². The average Bonchev–Trinajstić information content (AvgIpc) is 3.28. The molecule has 0 saturated carbocycles. The molecule has 0 bridgehead atoms. The SMILES string of the molecule is Cl.O=C(Nc1ccc(C(=O)N2CCc3ccccc32)cc1)C1CC(O)CN1. The number of amides is 2. The predicted molar refractivity (Wildman–Crippen MR) is 107 cm³/mol. The lowest BCUT2D eigenvalue weighted by molar-refractivity contribution is -0.117. The summed E-state index contributed by atoms with van der Waals surface area (Å²) in [7, 11) is 0. The van der Waals surface area contributed by atoms with Gasteiger partial charge in [0.2, 0.25) is 5.91 Å². The van der Waals surface area contributed by atoms with Gasteiger partial charge < -0.3 is 20.6 Å². The van der Waals surface area contributed by atoms with Gasteiger partial charge in [0.15, 0.2) is 0 Å². The summed E-state index contributed by atoms with van der Waals surface area (Å²) in [6.07, 6.45) is 0.807. The zero-order valence-corrected chi connectivity index (χ0v) is 15.5. The van der Waals surface area contributed by atoms with Crippen LogP contribution in [-0.2, 0) is 11.2 Å². The minimum absolute atomic E-state index is 0. The number of fused-ring (bicyclic) bond motifs is 1. The molecule has 2 atom stereocenters. The molecule has 27 heavy (non-hydrogen) atoms. The van der Waals surface area contributed by atoms with Crippen molar-refractivity contribution in [3.8, 4) is 0 Å². The molecule has 2 aromatic rings. The summed E-state index contributed by atoms with van der Waals surface area (Å²) in [6.45, 7) is 1.12. The number of halogens is 1. The first-order chi connectivity index (χ1) is 12.6. The molecule has 6 nitrogen and oxygen atoms in total.